The molecule has 258 valence electrons. The van der Waals surface area contributed by atoms with Crippen LogP contribution in [0.15, 0.2) is 64.9 Å². The number of benzene rings is 1. The molecule has 1 aromatic heterocycles. The zero-order chi connectivity index (χ0) is 34.5. The topological polar surface area (TPSA) is 173 Å². The summed E-state index contributed by atoms with van der Waals surface area (Å²) >= 11 is 1.06. The van der Waals surface area contributed by atoms with Crippen molar-refractivity contribution < 1.29 is 42.9 Å². The van der Waals surface area contributed by atoms with E-state index in [0.717, 1.165) is 11.9 Å². The van der Waals surface area contributed by atoms with E-state index in [1.807, 2.05) is 0 Å². The molecule has 0 aliphatic carbocycles. The third-order valence-corrected chi connectivity index (χ3v) is 6.56. The molecule has 0 saturated carbocycles. The van der Waals surface area contributed by atoms with E-state index in [4.69, 9.17) is 23.7 Å². The monoisotopic (exact) mass is 676 g/mol. The molecule has 1 aromatic carbocycles. The first-order chi connectivity index (χ1) is 22.5. The number of nitrogens with one attached hydrogen (secondary N) is 3. The molecule has 2 aromatic rings. The highest BCUT2D eigenvalue weighted by Crippen LogP contribution is 2.20. The number of rotatable bonds is 21. The van der Waals surface area contributed by atoms with Crippen molar-refractivity contribution in [2.45, 2.75) is 37.7 Å². The number of alkyl carbamates (subject to hydrolysis) is 1. The summed E-state index contributed by atoms with van der Waals surface area (Å²) < 4.78 is 27.5. The zero-order valence-electron chi connectivity index (χ0n) is 27.0. The molecule has 0 fully saturated rings. The van der Waals surface area contributed by atoms with Crippen LogP contribution in [0.2, 0.25) is 0 Å². The summed E-state index contributed by atoms with van der Waals surface area (Å²) in [6.45, 7) is 11.4. The number of hydrogen-bond acceptors (Lipinski definition) is 11. The number of pyridine rings is 1. The summed E-state index contributed by atoms with van der Waals surface area (Å²) in [5, 5.41) is 8.04. The summed E-state index contributed by atoms with van der Waals surface area (Å²) in [7, 11) is 0. The summed E-state index contributed by atoms with van der Waals surface area (Å²) in [5.74, 6) is -1.07. The summed E-state index contributed by atoms with van der Waals surface area (Å²) in [6.07, 6.45) is 2.52. The van der Waals surface area contributed by atoms with Crippen molar-refractivity contribution in [2.24, 2.45) is 0 Å². The van der Waals surface area contributed by atoms with Crippen LogP contribution in [0, 0.1) is 0 Å². The maximum absolute atomic E-state index is 12.6. The molecule has 0 aliphatic rings. The van der Waals surface area contributed by atoms with Crippen LogP contribution in [0.3, 0.4) is 0 Å². The van der Waals surface area contributed by atoms with Crippen LogP contribution < -0.4 is 21.5 Å². The van der Waals surface area contributed by atoms with Crippen LogP contribution in [0.1, 0.15) is 47.9 Å². The average molecular weight is 677 g/mol. The lowest BCUT2D eigenvalue weighted by atomic mass is 10.2. The third-order valence-electron chi connectivity index (χ3n) is 5.61. The van der Waals surface area contributed by atoms with Gasteiger partial charge in [-0.15, -0.1) is 0 Å². The van der Waals surface area contributed by atoms with Gasteiger partial charge in [0.2, 0.25) is 0 Å². The first-order valence-electron chi connectivity index (χ1n) is 15.0. The van der Waals surface area contributed by atoms with Gasteiger partial charge in [-0.05, 0) is 57.0 Å². The van der Waals surface area contributed by atoms with Crippen molar-refractivity contribution in [1.29, 1.82) is 0 Å². The Balaban J connectivity index is 1.68. The SMILES string of the molecule is C=CCOC(=O)CCOCCOCCOCCNC(=O)c1ccc(=O)n(Sc2cccc(C(=O)NCCNC(=O)OC(C)(C)C)c2)c1. The minimum Gasteiger partial charge on any atom is -0.461 e. The van der Waals surface area contributed by atoms with E-state index in [-0.39, 0.29) is 74.8 Å². The second kappa shape index (κ2) is 21.6. The lowest BCUT2D eigenvalue weighted by molar-refractivity contribution is -0.143. The third kappa shape index (κ3) is 17.4. The second-order valence-corrected chi connectivity index (χ2v) is 11.7. The normalized spacial score (nSPS) is 11.0. The highest BCUT2D eigenvalue weighted by Gasteiger charge is 2.16. The highest BCUT2D eigenvalue weighted by atomic mass is 32.2. The van der Waals surface area contributed by atoms with Crippen molar-refractivity contribution in [3.05, 3.63) is 76.7 Å². The van der Waals surface area contributed by atoms with E-state index < -0.39 is 11.7 Å². The highest BCUT2D eigenvalue weighted by molar-refractivity contribution is 7.97. The zero-order valence-corrected chi connectivity index (χ0v) is 27.9. The predicted octanol–water partition coefficient (Wildman–Crippen LogP) is 2.56. The Kier molecular flexibility index (Phi) is 17.9. The molecule has 14 nitrogen and oxygen atoms in total. The van der Waals surface area contributed by atoms with E-state index in [0.29, 0.717) is 36.9 Å². The Morgan fingerprint density at radius 3 is 2.17 bits per heavy atom. The number of esters is 1. The number of aromatic nitrogens is 1. The second-order valence-electron chi connectivity index (χ2n) is 10.7. The van der Waals surface area contributed by atoms with Gasteiger partial charge in [0.15, 0.2) is 0 Å². The van der Waals surface area contributed by atoms with Crippen molar-refractivity contribution in [1.82, 2.24) is 19.9 Å². The maximum Gasteiger partial charge on any atom is 0.407 e. The van der Waals surface area contributed by atoms with E-state index >= 15 is 0 Å². The van der Waals surface area contributed by atoms with Crippen LogP contribution in [-0.2, 0) is 28.5 Å². The lowest BCUT2D eigenvalue weighted by Crippen LogP contribution is -2.37. The molecule has 2 rings (SSSR count). The molecule has 47 heavy (non-hydrogen) atoms. The van der Waals surface area contributed by atoms with Crippen molar-refractivity contribution in [3.63, 3.8) is 0 Å². The van der Waals surface area contributed by atoms with Gasteiger partial charge in [0, 0.05) is 42.4 Å². The van der Waals surface area contributed by atoms with Gasteiger partial charge in [-0.25, -0.2) is 4.79 Å². The van der Waals surface area contributed by atoms with Gasteiger partial charge in [-0.3, -0.25) is 23.2 Å². The lowest BCUT2D eigenvalue weighted by Gasteiger charge is -2.19. The number of carbonyl (C=O) groups is 4. The van der Waals surface area contributed by atoms with Crippen molar-refractivity contribution in [2.75, 3.05) is 65.9 Å². The fraction of sp³-hybridized carbons (Fsp3) is 0.469. The largest absolute Gasteiger partial charge is 0.461 e. The molecular formula is C32H44N4O10S. The van der Waals surface area contributed by atoms with Gasteiger partial charge in [0.25, 0.3) is 17.4 Å². The molecule has 1 heterocycles. The fourth-order valence-corrected chi connectivity index (χ4v) is 4.36. The van der Waals surface area contributed by atoms with E-state index in [1.165, 1.54) is 28.4 Å². The van der Waals surface area contributed by atoms with E-state index in [1.54, 1.807) is 45.0 Å². The average Bonchev–Trinajstić information content (AvgIpc) is 3.02. The molecule has 0 bridgehead atoms. The molecule has 3 N–H and O–H groups in total. The standard InChI is InChI=1S/C32H44N4O10S/c1-5-15-45-28(38)11-16-42-18-20-44-21-19-43-17-14-34-30(40)25-9-10-27(37)36(23-25)47-26-8-6-7-24(22-26)29(39)33-12-13-35-31(41)46-32(2,3)4/h5-10,22-23H,1,11-21H2,2-4H3,(H,33,39)(H,34,40)(H,35,41). The van der Waals surface area contributed by atoms with Crippen LogP contribution >= 0.6 is 11.9 Å². The van der Waals surface area contributed by atoms with E-state index in [9.17, 15) is 24.0 Å². The number of hydrogen-bond donors (Lipinski definition) is 3. The Bertz CT molecular complexity index is 1380. The van der Waals surface area contributed by atoms with Gasteiger partial charge in [0.05, 0.1) is 51.6 Å². The van der Waals surface area contributed by atoms with Crippen LogP contribution in [0.5, 0.6) is 0 Å². The number of ether oxygens (including phenoxy) is 5. The van der Waals surface area contributed by atoms with Gasteiger partial charge in [-0.1, -0.05) is 18.7 Å². The summed E-state index contributed by atoms with van der Waals surface area (Å²) in [6, 6.07) is 9.41. The minimum atomic E-state index is -0.617. The van der Waals surface area contributed by atoms with Crippen LogP contribution in [0.25, 0.3) is 0 Å². The van der Waals surface area contributed by atoms with Gasteiger partial charge < -0.3 is 39.6 Å². The smallest absolute Gasteiger partial charge is 0.407 e. The molecule has 0 unspecified atom stereocenters. The number of carbonyl (C=O) groups excluding carboxylic acids is 4. The van der Waals surface area contributed by atoms with Crippen LogP contribution in [-0.4, -0.2) is 99.3 Å². The molecule has 0 atom stereocenters. The van der Waals surface area contributed by atoms with Gasteiger partial charge in [-0.2, -0.15) is 0 Å². The number of nitrogens with zero attached hydrogens (tertiary/aromatic N) is 1. The fourth-order valence-electron chi connectivity index (χ4n) is 3.50. The van der Waals surface area contributed by atoms with Gasteiger partial charge >= 0.3 is 12.1 Å². The predicted molar refractivity (Wildman–Crippen MR) is 176 cm³/mol. The van der Waals surface area contributed by atoms with E-state index in [2.05, 4.69) is 22.5 Å². The Hall–Kier alpha value is -4.18. The first kappa shape index (κ1) is 39.0. The molecule has 15 heteroatoms. The van der Waals surface area contributed by atoms with Gasteiger partial charge in [0.1, 0.15) is 12.2 Å². The molecule has 0 radical (unpaired) electrons. The number of amides is 3. The van der Waals surface area contributed by atoms with Crippen molar-refractivity contribution in [3.8, 4) is 0 Å². The molecule has 0 spiro atoms. The van der Waals surface area contributed by atoms with Crippen LogP contribution in [0.4, 0.5) is 4.79 Å². The minimum absolute atomic E-state index is 0.163. The summed E-state index contributed by atoms with van der Waals surface area (Å²) in [4.78, 5) is 61.4. The molecule has 0 saturated heterocycles. The Labute approximate surface area is 278 Å². The molecule has 3 amide bonds. The molecular weight excluding hydrogens is 632 g/mol. The maximum atomic E-state index is 12.6. The quantitative estimate of drug-likeness (QED) is 0.101. The Morgan fingerprint density at radius 2 is 1.47 bits per heavy atom. The molecule has 0 aliphatic heterocycles. The first-order valence-corrected chi connectivity index (χ1v) is 15.8. The van der Waals surface area contributed by atoms with Crippen molar-refractivity contribution >= 4 is 35.8 Å². The Morgan fingerprint density at radius 1 is 0.830 bits per heavy atom. The summed E-state index contributed by atoms with van der Waals surface area (Å²) in [5.41, 5.74) is -0.310.